The largest absolute Gasteiger partial charge is 0.378 e. The molecule has 7 nitrogen and oxygen atoms in total. The highest BCUT2D eigenvalue weighted by molar-refractivity contribution is 4.91. The van der Waals surface area contributed by atoms with E-state index in [1.807, 2.05) is 10.9 Å². The maximum absolute atomic E-state index is 5.54. The molecular formula is C16H33N5O2. The Hall–Kier alpha value is -1.02. The van der Waals surface area contributed by atoms with Gasteiger partial charge in [-0.25, -0.2) is 4.68 Å². The van der Waals surface area contributed by atoms with E-state index in [2.05, 4.69) is 48.6 Å². The van der Waals surface area contributed by atoms with Gasteiger partial charge in [0, 0.05) is 25.3 Å². The molecule has 0 bridgehead atoms. The Morgan fingerprint density at radius 3 is 2.52 bits per heavy atom. The molecule has 2 N–H and O–H groups in total. The van der Waals surface area contributed by atoms with Gasteiger partial charge >= 0.3 is 0 Å². The first-order chi connectivity index (χ1) is 11.1. The maximum Gasteiger partial charge on any atom is 0.0964 e. The lowest BCUT2D eigenvalue weighted by Crippen LogP contribution is -2.24. The van der Waals surface area contributed by atoms with Crippen LogP contribution in [0.1, 0.15) is 33.4 Å². The molecule has 0 spiro atoms. The molecular weight excluding hydrogens is 294 g/mol. The third kappa shape index (κ3) is 11.2. The van der Waals surface area contributed by atoms with E-state index in [-0.39, 0.29) is 0 Å². The van der Waals surface area contributed by atoms with E-state index in [1.54, 1.807) is 0 Å². The van der Waals surface area contributed by atoms with Crippen molar-refractivity contribution in [3.63, 3.8) is 0 Å². The minimum atomic E-state index is 0.448. The number of nitrogens with one attached hydrogen (secondary N) is 2. The first-order valence-electron chi connectivity index (χ1n) is 8.56. The number of ether oxygens (including phenoxy) is 2. The second-order valence-corrected chi connectivity index (χ2v) is 6.33. The van der Waals surface area contributed by atoms with Gasteiger partial charge in [0.05, 0.1) is 38.7 Å². The van der Waals surface area contributed by atoms with Gasteiger partial charge in [0.15, 0.2) is 0 Å². The summed E-state index contributed by atoms with van der Waals surface area (Å²) in [5.74, 6) is 0.678. The van der Waals surface area contributed by atoms with Crippen molar-refractivity contribution in [3.05, 3.63) is 11.9 Å². The average molecular weight is 327 g/mol. The Labute approximate surface area is 140 Å². The summed E-state index contributed by atoms with van der Waals surface area (Å²) < 4.78 is 12.8. The minimum Gasteiger partial charge on any atom is -0.378 e. The Morgan fingerprint density at radius 2 is 1.83 bits per heavy atom. The maximum atomic E-state index is 5.54. The Balaban J connectivity index is 1.93. The molecule has 1 heterocycles. The highest BCUT2D eigenvalue weighted by Crippen LogP contribution is 1.94. The fourth-order valence-electron chi connectivity index (χ4n) is 1.85. The standard InChI is InChI=1S/C16H33N5O2/c1-14(2)11-17-5-7-22-9-10-23-8-6-21-13-16(19-20-21)12-18-15(3)4/h13-15,17-18H,5-12H2,1-4H3. The van der Waals surface area contributed by atoms with Crippen LogP contribution in [0.15, 0.2) is 6.20 Å². The smallest absolute Gasteiger partial charge is 0.0964 e. The van der Waals surface area contributed by atoms with Crippen LogP contribution in [0.3, 0.4) is 0 Å². The molecule has 134 valence electrons. The lowest BCUT2D eigenvalue weighted by Gasteiger charge is -2.08. The molecule has 0 radical (unpaired) electrons. The number of nitrogens with zero attached hydrogens (tertiary/aromatic N) is 3. The summed E-state index contributed by atoms with van der Waals surface area (Å²) in [7, 11) is 0. The van der Waals surface area contributed by atoms with E-state index >= 15 is 0 Å². The van der Waals surface area contributed by atoms with Crippen LogP contribution in [0.5, 0.6) is 0 Å². The second kappa shape index (κ2) is 12.4. The average Bonchev–Trinajstić information content (AvgIpc) is 2.94. The number of rotatable bonds is 14. The van der Waals surface area contributed by atoms with Crippen molar-refractivity contribution >= 4 is 0 Å². The van der Waals surface area contributed by atoms with E-state index in [4.69, 9.17) is 9.47 Å². The van der Waals surface area contributed by atoms with E-state index in [0.717, 1.165) is 31.9 Å². The Bertz CT molecular complexity index is 396. The predicted octanol–water partition coefficient (Wildman–Crippen LogP) is 1.05. The molecule has 0 fully saturated rings. The number of aromatic nitrogens is 3. The van der Waals surface area contributed by atoms with Gasteiger partial charge in [-0.3, -0.25) is 0 Å². The van der Waals surface area contributed by atoms with Gasteiger partial charge in [-0.15, -0.1) is 5.10 Å². The third-order valence-electron chi connectivity index (χ3n) is 3.09. The highest BCUT2D eigenvalue weighted by atomic mass is 16.5. The molecule has 0 atom stereocenters. The van der Waals surface area contributed by atoms with Crippen LogP contribution in [0.25, 0.3) is 0 Å². The quantitative estimate of drug-likeness (QED) is 0.498. The molecule has 1 aromatic heterocycles. The van der Waals surface area contributed by atoms with Gasteiger partial charge in [-0.2, -0.15) is 0 Å². The SMILES string of the molecule is CC(C)CNCCOCCOCCn1cc(CNC(C)C)nn1. The van der Waals surface area contributed by atoms with Crippen molar-refractivity contribution in [2.45, 2.75) is 46.8 Å². The molecule has 1 aromatic rings. The zero-order chi connectivity index (χ0) is 16.9. The van der Waals surface area contributed by atoms with Crippen LogP contribution >= 0.6 is 0 Å². The zero-order valence-electron chi connectivity index (χ0n) is 15.0. The topological polar surface area (TPSA) is 73.2 Å². The molecule has 7 heteroatoms. The molecule has 0 aromatic carbocycles. The van der Waals surface area contributed by atoms with E-state index in [0.29, 0.717) is 38.3 Å². The lowest BCUT2D eigenvalue weighted by molar-refractivity contribution is 0.0448. The summed E-state index contributed by atoms with van der Waals surface area (Å²) in [5, 5.41) is 14.9. The summed E-state index contributed by atoms with van der Waals surface area (Å²) in [4.78, 5) is 0. The van der Waals surface area contributed by atoms with Crippen molar-refractivity contribution in [1.82, 2.24) is 25.6 Å². The van der Waals surface area contributed by atoms with E-state index in [1.165, 1.54) is 0 Å². The highest BCUT2D eigenvalue weighted by Gasteiger charge is 2.01. The van der Waals surface area contributed by atoms with Gasteiger partial charge in [0.2, 0.25) is 0 Å². The summed E-state index contributed by atoms with van der Waals surface area (Å²) in [5.41, 5.74) is 0.955. The molecule has 0 aliphatic heterocycles. The van der Waals surface area contributed by atoms with Crippen molar-refractivity contribution in [2.75, 3.05) is 39.5 Å². The van der Waals surface area contributed by atoms with Crippen molar-refractivity contribution in [2.24, 2.45) is 5.92 Å². The first kappa shape index (κ1) is 20.0. The summed E-state index contributed by atoms with van der Waals surface area (Å²) in [6.07, 6.45) is 1.95. The lowest BCUT2D eigenvalue weighted by atomic mass is 10.2. The van der Waals surface area contributed by atoms with Crippen molar-refractivity contribution in [3.8, 4) is 0 Å². The van der Waals surface area contributed by atoms with Gasteiger partial charge < -0.3 is 20.1 Å². The fourth-order valence-corrected chi connectivity index (χ4v) is 1.85. The van der Waals surface area contributed by atoms with Crippen LogP contribution in [0, 0.1) is 5.92 Å². The molecule has 1 rings (SSSR count). The third-order valence-corrected chi connectivity index (χ3v) is 3.09. The molecule has 0 aliphatic carbocycles. The number of hydrogen-bond acceptors (Lipinski definition) is 6. The van der Waals surface area contributed by atoms with Crippen LogP contribution in [0.2, 0.25) is 0 Å². The summed E-state index contributed by atoms with van der Waals surface area (Å²) in [6.45, 7) is 14.6. The molecule has 0 aliphatic rings. The normalized spacial score (nSPS) is 11.7. The Kier molecular flexibility index (Phi) is 10.8. The zero-order valence-corrected chi connectivity index (χ0v) is 15.0. The molecule has 0 amide bonds. The van der Waals surface area contributed by atoms with E-state index in [9.17, 15) is 0 Å². The molecule has 0 saturated carbocycles. The van der Waals surface area contributed by atoms with Crippen LogP contribution < -0.4 is 10.6 Å². The van der Waals surface area contributed by atoms with Gasteiger partial charge in [-0.05, 0) is 12.5 Å². The van der Waals surface area contributed by atoms with Crippen LogP contribution in [0.4, 0.5) is 0 Å². The fraction of sp³-hybridized carbons (Fsp3) is 0.875. The molecule has 0 unspecified atom stereocenters. The summed E-state index contributed by atoms with van der Waals surface area (Å²) >= 11 is 0. The van der Waals surface area contributed by atoms with Gasteiger partial charge in [-0.1, -0.05) is 32.9 Å². The predicted molar refractivity (Wildman–Crippen MR) is 91.3 cm³/mol. The van der Waals surface area contributed by atoms with Gasteiger partial charge in [0.25, 0.3) is 0 Å². The van der Waals surface area contributed by atoms with E-state index < -0.39 is 0 Å². The van der Waals surface area contributed by atoms with Gasteiger partial charge in [0.1, 0.15) is 0 Å². The first-order valence-corrected chi connectivity index (χ1v) is 8.56. The molecule has 0 saturated heterocycles. The Morgan fingerprint density at radius 1 is 1.09 bits per heavy atom. The summed E-state index contributed by atoms with van der Waals surface area (Å²) in [6, 6.07) is 0.448. The monoisotopic (exact) mass is 327 g/mol. The van der Waals surface area contributed by atoms with Crippen LogP contribution in [-0.2, 0) is 22.6 Å². The van der Waals surface area contributed by atoms with Crippen molar-refractivity contribution in [1.29, 1.82) is 0 Å². The number of hydrogen-bond donors (Lipinski definition) is 2. The molecule has 23 heavy (non-hydrogen) atoms. The van der Waals surface area contributed by atoms with Crippen molar-refractivity contribution < 1.29 is 9.47 Å². The minimum absolute atomic E-state index is 0.448. The second-order valence-electron chi connectivity index (χ2n) is 6.33. The van der Waals surface area contributed by atoms with Crippen LogP contribution in [-0.4, -0.2) is 60.6 Å².